The highest BCUT2D eigenvalue weighted by molar-refractivity contribution is 8.01. The van der Waals surface area contributed by atoms with E-state index in [1.54, 1.807) is 12.1 Å². The molecule has 1 saturated heterocycles. The summed E-state index contributed by atoms with van der Waals surface area (Å²) in [7, 11) is -4.08. The normalized spacial score (nSPS) is 18.0. The minimum Gasteiger partial charge on any atom is -0.277 e. The van der Waals surface area contributed by atoms with Crippen molar-refractivity contribution in [1.29, 1.82) is 0 Å². The summed E-state index contributed by atoms with van der Waals surface area (Å²) >= 11 is 2.64. The molecule has 0 unspecified atom stereocenters. The molecule has 1 N–H and O–H groups in total. The van der Waals surface area contributed by atoms with E-state index in [0.29, 0.717) is 40.1 Å². The molecule has 1 aliphatic rings. The second-order valence-corrected chi connectivity index (χ2v) is 14.1. The average molecular weight is 627 g/mol. The second kappa shape index (κ2) is 12.1. The van der Waals surface area contributed by atoms with Crippen LogP contribution in [0.3, 0.4) is 0 Å². The molecule has 0 saturated carbocycles. The minimum absolute atomic E-state index is 0.0557. The Labute approximate surface area is 249 Å². The maximum atomic E-state index is 13.6. The van der Waals surface area contributed by atoms with Crippen molar-refractivity contribution in [2.45, 2.75) is 46.9 Å². The van der Waals surface area contributed by atoms with Gasteiger partial charge in [-0.05, 0) is 49.9 Å². The molecule has 2 heterocycles. The van der Waals surface area contributed by atoms with E-state index < -0.39 is 19.9 Å². The van der Waals surface area contributed by atoms with E-state index in [-0.39, 0.29) is 28.0 Å². The quantitative estimate of drug-likeness (QED) is 0.124. The van der Waals surface area contributed by atoms with Crippen LogP contribution in [0, 0.1) is 26.1 Å². The van der Waals surface area contributed by atoms with Crippen LogP contribution in [-0.2, 0) is 10.0 Å². The first kappa shape index (κ1) is 29.6. The van der Waals surface area contributed by atoms with Crippen molar-refractivity contribution >= 4 is 66.6 Å². The smallest absolute Gasteiger partial charge is 0.277 e. The maximum absolute atomic E-state index is 13.6. The van der Waals surface area contributed by atoms with Crippen molar-refractivity contribution in [2.75, 3.05) is 12.0 Å². The number of fused-ring (bicyclic) bond motifs is 1. The molecule has 2 atom stereocenters. The third kappa shape index (κ3) is 6.28. The van der Waals surface area contributed by atoms with Gasteiger partial charge < -0.3 is 0 Å². The molecule has 0 bridgehead atoms. The molecule has 1 aliphatic heterocycles. The number of thiazole rings is 1. The van der Waals surface area contributed by atoms with Gasteiger partial charge in [-0.1, -0.05) is 36.9 Å². The predicted molar refractivity (Wildman–Crippen MR) is 163 cm³/mol. The Morgan fingerprint density at radius 1 is 1.10 bits per heavy atom. The molecule has 218 valence electrons. The van der Waals surface area contributed by atoms with Crippen molar-refractivity contribution < 1.29 is 18.3 Å². The van der Waals surface area contributed by atoms with Gasteiger partial charge in [0.05, 0.1) is 36.9 Å². The number of para-hydroxylation sites is 1. The molecule has 0 radical (unpaired) electrons. The summed E-state index contributed by atoms with van der Waals surface area (Å²) in [5.74, 6) is 0.369. The number of aromatic nitrogens is 1. The molecule has 12 nitrogen and oxygen atoms in total. The van der Waals surface area contributed by atoms with E-state index >= 15 is 0 Å². The van der Waals surface area contributed by atoms with Crippen molar-refractivity contribution in [2.24, 2.45) is 11.0 Å². The van der Waals surface area contributed by atoms with Crippen LogP contribution < -0.4 is 5.43 Å². The first-order valence-electron chi connectivity index (χ1n) is 12.9. The van der Waals surface area contributed by atoms with E-state index in [9.17, 15) is 28.6 Å². The number of nitrogens with one attached hydrogen (secondary N) is 1. The van der Waals surface area contributed by atoms with E-state index in [4.69, 9.17) is 0 Å². The number of hydrazone groups is 1. The number of piperidine rings is 1. The highest BCUT2D eigenvalue weighted by atomic mass is 32.2. The van der Waals surface area contributed by atoms with Gasteiger partial charge >= 0.3 is 0 Å². The fourth-order valence-electron chi connectivity index (χ4n) is 4.81. The van der Waals surface area contributed by atoms with Crippen LogP contribution in [0.2, 0.25) is 0 Å². The van der Waals surface area contributed by atoms with Gasteiger partial charge in [0.1, 0.15) is 4.90 Å². The van der Waals surface area contributed by atoms with Gasteiger partial charge in [-0.15, -0.1) is 11.3 Å². The minimum atomic E-state index is -4.08. The van der Waals surface area contributed by atoms with Gasteiger partial charge in [-0.25, -0.2) is 13.4 Å². The Morgan fingerprint density at radius 3 is 2.60 bits per heavy atom. The predicted octanol–water partition coefficient (Wildman–Crippen LogP) is 6.52. The van der Waals surface area contributed by atoms with Crippen molar-refractivity contribution in [1.82, 2.24) is 9.29 Å². The Bertz CT molecular complexity index is 1780. The third-order valence-corrected chi connectivity index (χ3v) is 11.1. The van der Waals surface area contributed by atoms with Crippen LogP contribution in [0.1, 0.15) is 32.3 Å². The summed E-state index contributed by atoms with van der Waals surface area (Å²) in [6.07, 6.45) is 2.69. The number of benzene rings is 3. The largest absolute Gasteiger partial charge is 0.283 e. The molecule has 0 aliphatic carbocycles. The molecule has 0 spiro atoms. The summed E-state index contributed by atoms with van der Waals surface area (Å²) in [6.45, 7) is 4.19. The van der Waals surface area contributed by atoms with Crippen molar-refractivity contribution in [3.63, 3.8) is 0 Å². The molecule has 1 aromatic heterocycles. The summed E-state index contributed by atoms with van der Waals surface area (Å²) in [5, 5.41) is 27.4. The van der Waals surface area contributed by atoms with Gasteiger partial charge in [0.2, 0.25) is 10.0 Å². The number of nitro groups is 2. The van der Waals surface area contributed by atoms with Crippen LogP contribution in [0.4, 0.5) is 17.1 Å². The average Bonchev–Trinajstić information content (AvgIpc) is 3.36. The first-order valence-corrected chi connectivity index (χ1v) is 16.0. The molecule has 3 aromatic carbocycles. The standard InChI is InChI=1S/C27H26N6O6S3/c1-17-11-12-31(18(2)13-17)42(38,39)26-15-20(32(34)35)8-9-22(26)30-28-16-19-7-10-25(23(14-19)33(36)37)41-27-29-21-5-3-4-6-24(21)40-27/h3-10,14-18,30H,11-13H2,1-2H3/b28-16-/t17-,18+/m0/s1. The molecular formula is C27H26N6O6S3. The summed E-state index contributed by atoms with van der Waals surface area (Å²) < 4.78 is 30.3. The van der Waals surface area contributed by atoms with Crippen LogP contribution in [-0.4, -0.2) is 46.4 Å². The topological polar surface area (TPSA) is 161 Å². The number of rotatable bonds is 9. The van der Waals surface area contributed by atoms with Gasteiger partial charge in [-0.3, -0.25) is 25.7 Å². The van der Waals surface area contributed by atoms with Gasteiger partial charge in [0.25, 0.3) is 11.4 Å². The fourth-order valence-corrected chi connectivity index (χ4v) is 8.74. The molecule has 1 fully saturated rings. The molecule has 15 heteroatoms. The Morgan fingerprint density at radius 2 is 1.88 bits per heavy atom. The number of hydrogen-bond donors (Lipinski definition) is 1. The number of anilines is 1. The number of non-ortho nitro benzene ring substituents is 1. The zero-order valence-corrected chi connectivity index (χ0v) is 25.0. The van der Waals surface area contributed by atoms with Gasteiger partial charge in [0.15, 0.2) is 4.34 Å². The molecular weight excluding hydrogens is 601 g/mol. The van der Waals surface area contributed by atoms with Crippen LogP contribution in [0.25, 0.3) is 10.2 Å². The zero-order chi connectivity index (χ0) is 30.0. The monoisotopic (exact) mass is 626 g/mol. The number of sulfonamides is 1. The lowest BCUT2D eigenvalue weighted by atomic mass is 9.95. The third-order valence-electron chi connectivity index (χ3n) is 6.89. The maximum Gasteiger partial charge on any atom is 0.283 e. The summed E-state index contributed by atoms with van der Waals surface area (Å²) in [4.78, 5) is 26.8. The highest BCUT2D eigenvalue weighted by Crippen LogP contribution is 2.39. The highest BCUT2D eigenvalue weighted by Gasteiger charge is 2.35. The van der Waals surface area contributed by atoms with Crippen molar-refractivity contribution in [3.8, 4) is 0 Å². The van der Waals surface area contributed by atoms with E-state index in [0.717, 1.165) is 16.3 Å². The number of nitrogens with zero attached hydrogens (tertiary/aromatic N) is 5. The van der Waals surface area contributed by atoms with Crippen LogP contribution in [0.5, 0.6) is 0 Å². The summed E-state index contributed by atoms with van der Waals surface area (Å²) in [5.41, 5.74) is 3.45. The first-order chi connectivity index (χ1) is 20.0. The van der Waals surface area contributed by atoms with Crippen molar-refractivity contribution in [3.05, 3.63) is 86.5 Å². The Kier molecular flexibility index (Phi) is 8.54. The lowest BCUT2D eigenvalue weighted by molar-refractivity contribution is -0.387. The molecule has 5 rings (SSSR count). The molecule has 4 aromatic rings. The Hall–Kier alpha value is -3.92. The number of hydrogen-bond acceptors (Lipinski definition) is 11. The second-order valence-electron chi connectivity index (χ2n) is 9.94. The van der Waals surface area contributed by atoms with Crippen LogP contribution >= 0.6 is 23.1 Å². The van der Waals surface area contributed by atoms with E-state index in [2.05, 4.69) is 22.4 Å². The zero-order valence-electron chi connectivity index (χ0n) is 22.5. The van der Waals surface area contributed by atoms with Crippen LogP contribution in [0.15, 0.2) is 79.9 Å². The lowest BCUT2D eigenvalue weighted by Crippen LogP contribution is -2.44. The summed E-state index contributed by atoms with van der Waals surface area (Å²) in [6, 6.07) is 15.5. The van der Waals surface area contributed by atoms with E-state index in [1.165, 1.54) is 51.8 Å². The van der Waals surface area contributed by atoms with Gasteiger partial charge in [-0.2, -0.15) is 9.41 Å². The molecule has 42 heavy (non-hydrogen) atoms. The molecule has 0 amide bonds. The SMILES string of the molecule is C[C@H]1CCN(S(=O)(=O)c2cc([N+](=O)[O-])ccc2N/N=C\c2ccc(Sc3nc4ccccc4s3)c([N+](=O)[O-])c2)[C@H](C)C1. The lowest BCUT2D eigenvalue weighted by Gasteiger charge is -2.35. The van der Waals surface area contributed by atoms with Gasteiger partial charge in [0, 0.05) is 36.3 Å². The Balaban J connectivity index is 1.40. The number of nitro benzene ring substituents is 2. The fraction of sp³-hybridized carbons (Fsp3) is 0.259. The van der Waals surface area contributed by atoms with E-state index in [1.807, 2.05) is 31.2 Å².